The molecule has 1 saturated carbocycles. The van der Waals surface area contributed by atoms with Crippen LogP contribution in [-0.4, -0.2) is 18.3 Å². The van der Waals surface area contributed by atoms with Crippen molar-refractivity contribution in [1.29, 1.82) is 0 Å². The van der Waals surface area contributed by atoms with Gasteiger partial charge < -0.3 is 14.8 Å². The normalized spacial score (nSPS) is 18.6. The van der Waals surface area contributed by atoms with Crippen LogP contribution in [0.3, 0.4) is 0 Å². The molecule has 1 aromatic carbocycles. The largest absolute Gasteiger partial charge is 0.454 e. The van der Waals surface area contributed by atoms with Crippen LogP contribution >= 0.6 is 0 Å². The molecule has 0 atom stereocenters. The smallest absolute Gasteiger partial charge is 0.231 e. The van der Waals surface area contributed by atoms with Gasteiger partial charge in [0.2, 0.25) is 6.79 Å². The fourth-order valence-electron chi connectivity index (χ4n) is 2.39. The molecule has 2 aromatic rings. The van der Waals surface area contributed by atoms with E-state index < -0.39 is 0 Å². The first kappa shape index (κ1) is 10.9. The molecule has 1 aliphatic carbocycles. The molecule has 2 heterocycles. The molecule has 0 saturated heterocycles. The van der Waals surface area contributed by atoms with Crippen molar-refractivity contribution in [3.05, 3.63) is 24.4 Å². The summed E-state index contributed by atoms with van der Waals surface area (Å²) in [4.78, 5) is 4.46. The van der Waals surface area contributed by atoms with E-state index >= 15 is 0 Å². The monoisotopic (exact) mass is 256 g/mol. The molecular formula is C15H16N2O2. The van der Waals surface area contributed by atoms with Crippen molar-refractivity contribution in [2.75, 3.05) is 18.7 Å². The third-order valence-corrected chi connectivity index (χ3v) is 4.04. The molecule has 0 amide bonds. The lowest BCUT2D eigenvalue weighted by atomic mass is 10.1. The van der Waals surface area contributed by atoms with E-state index in [1.807, 2.05) is 24.4 Å². The predicted octanol–water partition coefficient (Wildman–Crippen LogP) is 3.18. The Labute approximate surface area is 111 Å². The maximum atomic E-state index is 5.44. The number of rotatable bonds is 3. The van der Waals surface area contributed by atoms with Gasteiger partial charge in [0.1, 0.15) is 5.82 Å². The topological polar surface area (TPSA) is 43.4 Å². The number of hydrogen-bond donors (Lipinski definition) is 1. The molecule has 1 aliphatic heterocycles. The summed E-state index contributed by atoms with van der Waals surface area (Å²) in [6, 6.07) is 6.03. The van der Waals surface area contributed by atoms with Gasteiger partial charge in [-0.15, -0.1) is 0 Å². The van der Waals surface area contributed by atoms with Gasteiger partial charge in [-0.1, -0.05) is 6.92 Å². The zero-order valence-corrected chi connectivity index (χ0v) is 10.9. The Kier molecular flexibility index (Phi) is 2.16. The average Bonchev–Trinajstić information content (AvgIpc) is 2.98. The minimum atomic E-state index is 0.305. The van der Waals surface area contributed by atoms with Crippen LogP contribution in [0.25, 0.3) is 10.8 Å². The molecule has 4 nitrogen and oxygen atoms in total. The summed E-state index contributed by atoms with van der Waals surface area (Å²) in [6.45, 7) is 3.59. The number of benzene rings is 1. The summed E-state index contributed by atoms with van der Waals surface area (Å²) < 4.78 is 10.8. The molecule has 4 rings (SSSR count). The van der Waals surface area contributed by atoms with Crippen LogP contribution in [0, 0.1) is 5.41 Å². The number of nitrogens with zero attached hydrogens (tertiary/aromatic N) is 1. The third kappa shape index (κ3) is 1.87. The van der Waals surface area contributed by atoms with Crippen LogP contribution in [0.4, 0.5) is 5.82 Å². The fraction of sp³-hybridized carbons (Fsp3) is 0.400. The minimum Gasteiger partial charge on any atom is -0.454 e. The zero-order valence-electron chi connectivity index (χ0n) is 10.9. The highest BCUT2D eigenvalue weighted by Crippen LogP contribution is 2.45. The van der Waals surface area contributed by atoms with Gasteiger partial charge in [-0.25, -0.2) is 4.98 Å². The van der Waals surface area contributed by atoms with E-state index in [2.05, 4.69) is 17.2 Å². The Morgan fingerprint density at radius 3 is 2.84 bits per heavy atom. The molecular weight excluding hydrogens is 240 g/mol. The first-order valence-electron chi connectivity index (χ1n) is 6.66. The summed E-state index contributed by atoms with van der Waals surface area (Å²) in [6.07, 6.45) is 4.44. The quantitative estimate of drug-likeness (QED) is 0.916. The van der Waals surface area contributed by atoms with Crippen molar-refractivity contribution >= 4 is 16.6 Å². The lowest BCUT2D eigenvalue weighted by Gasteiger charge is -2.12. The van der Waals surface area contributed by atoms with E-state index in [0.717, 1.165) is 34.6 Å². The Morgan fingerprint density at radius 1 is 1.26 bits per heavy atom. The molecule has 1 fully saturated rings. The molecule has 1 N–H and O–H groups in total. The highest BCUT2D eigenvalue weighted by atomic mass is 16.7. The fourth-order valence-corrected chi connectivity index (χ4v) is 2.39. The van der Waals surface area contributed by atoms with Crippen LogP contribution in [-0.2, 0) is 0 Å². The average molecular weight is 256 g/mol. The van der Waals surface area contributed by atoms with Crippen molar-refractivity contribution in [2.45, 2.75) is 19.8 Å². The first-order valence-corrected chi connectivity index (χ1v) is 6.66. The first-order chi connectivity index (χ1) is 9.23. The van der Waals surface area contributed by atoms with Crippen LogP contribution in [0.5, 0.6) is 11.5 Å². The number of hydrogen-bond acceptors (Lipinski definition) is 4. The number of aromatic nitrogens is 1. The van der Waals surface area contributed by atoms with Gasteiger partial charge in [-0.05, 0) is 41.8 Å². The van der Waals surface area contributed by atoms with Crippen molar-refractivity contribution in [3.8, 4) is 11.5 Å². The lowest BCUT2D eigenvalue weighted by Crippen LogP contribution is -2.12. The summed E-state index contributed by atoms with van der Waals surface area (Å²) in [7, 11) is 0. The number of anilines is 1. The third-order valence-electron chi connectivity index (χ3n) is 4.04. The van der Waals surface area contributed by atoms with Gasteiger partial charge in [0.05, 0.1) is 0 Å². The lowest BCUT2D eigenvalue weighted by molar-refractivity contribution is 0.174. The Morgan fingerprint density at radius 2 is 2.05 bits per heavy atom. The second kappa shape index (κ2) is 3.76. The molecule has 98 valence electrons. The Hall–Kier alpha value is -1.97. The van der Waals surface area contributed by atoms with Crippen LogP contribution in [0.1, 0.15) is 19.8 Å². The van der Waals surface area contributed by atoms with Gasteiger partial charge in [-0.2, -0.15) is 0 Å². The van der Waals surface area contributed by atoms with Crippen LogP contribution in [0.2, 0.25) is 0 Å². The number of nitrogens with one attached hydrogen (secondary N) is 1. The predicted molar refractivity (Wildman–Crippen MR) is 73.7 cm³/mol. The van der Waals surface area contributed by atoms with Gasteiger partial charge >= 0.3 is 0 Å². The van der Waals surface area contributed by atoms with E-state index in [1.165, 1.54) is 12.8 Å². The second-order valence-corrected chi connectivity index (χ2v) is 5.75. The van der Waals surface area contributed by atoms with Crippen molar-refractivity contribution in [3.63, 3.8) is 0 Å². The maximum Gasteiger partial charge on any atom is 0.231 e. The molecule has 0 bridgehead atoms. The van der Waals surface area contributed by atoms with Gasteiger partial charge in [0.25, 0.3) is 0 Å². The molecule has 19 heavy (non-hydrogen) atoms. The second-order valence-electron chi connectivity index (χ2n) is 5.75. The summed E-state index contributed by atoms with van der Waals surface area (Å²) in [5, 5.41) is 5.69. The van der Waals surface area contributed by atoms with Crippen molar-refractivity contribution < 1.29 is 9.47 Å². The van der Waals surface area contributed by atoms with E-state index in [9.17, 15) is 0 Å². The Bertz CT molecular complexity index is 650. The summed E-state index contributed by atoms with van der Waals surface area (Å²) >= 11 is 0. The summed E-state index contributed by atoms with van der Waals surface area (Å²) in [5.74, 6) is 2.56. The van der Waals surface area contributed by atoms with Gasteiger partial charge in [0.15, 0.2) is 11.5 Å². The SMILES string of the molecule is CC1(CNc2nccc3cc4c(cc23)OCO4)CC1. The maximum absolute atomic E-state index is 5.44. The highest BCUT2D eigenvalue weighted by molar-refractivity contribution is 5.94. The summed E-state index contributed by atoms with van der Waals surface area (Å²) in [5.41, 5.74) is 0.459. The van der Waals surface area contributed by atoms with Crippen molar-refractivity contribution in [1.82, 2.24) is 4.98 Å². The van der Waals surface area contributed by atoms with E-state index in [1.54, 1.807) is 0 Å². The molecule has 0 radical (unpaired) electrons. The zero-order chi connectivity index (χ0) is 12.9. The highest BCUT2D eigenvalue weighted by Gasteiger charge is 2.36. The number of fused-ring (bicyclic) bond motifs is 2. The molecule has 1 aromatic heterocycles. The van der Waals surface area contributed by atoms with Crippen molar-refractivity contribution in [2.24, 2.45) is 5.41 Å². The molecule has 0 unspecified atom stereocenters. The molecule has 2 aliphatic rings. The van der Waals surface area contributed by atoms with Crippen LogP contribution in [0.15, 0.2) is 24.4 Å². The molecule has 0 spiro atoms. The molecule has 4 heteroatoms. The number of ether oxygens (including phenoxy) is 2. The van der Waals surface area contributed by atoms with Crippen LogP contribution < -0.4 is 14.8 Å². The van der Waals surface area contributed by atoms with E-state index in [0.29, 0.717) is 12.2 Å². The van der Waals surface area contributed by atoms with E-state index in [-0.39, 0.29) is 0 Å². The standard InChI is InChI=1S/C15H16N2O2/c1-15(3-4-15)8-17-14-11-7-13-12(18-9-19-13)6-10(11)2-5-16-14/h2,5-7H,3-4,8-9H2,1H3,(H,16,17). The van der Waals surface area contributed by atoms with E-state index in [4.69, 9.17) is 9.47 Å². The van der Waals surface area contributed by atoms with Gasteiger partial charge in [-0.3, -0.25) is 0 Å². The number of pyridine rings is 1. The minimum absolute atomic E-state index is 0.305. The van der Waals surface area contributed by atoms with Gasteiger partial charge in [0, 0.05) is 18.1 Å². The Balaban J connectivity index is 1.73.